The zero-order valence-corrected chi connectivity index (χ0v) is 23.6. The van der Waals surface area contributed by atoms with Crippen molar-refractivity contribution < 1.29 is 18.4 Å². The molecule has 5 nitrogen and oxygen atoms in total. The van der Waals surface area contributed by atoms with Gasteiger partial charge < -0.3 is 15.5 Å². The first kappa shape index (κ1) is 27.9. The van der Waals surface area contributed by atoms with Crippen molar-refractivity contribution in [3.63, 3.8) is 0 Å². The van der Waals surface area contributed by atoms with Crippen LogP contribution in [0.25, 0.3) is 11.1 Å². The lowest BCUT2D eigenvalue weighted by Gasteiger charge is -2.62. The lowest BCUT2D eigenvalue weighted by atomic mass is 9.50. The fourth-order valence-corrected chi connectivity index (χ4v) is 8.30. The van der Waals surface area contributed by atoms with Crippen LogP contribution < -0.4 is 10.6 Å². The highest BCUT2D eigenvalue weighted by molar-refractivity contribution is 5.95. The molecule has 4 aliphatic carbocycles. The average Bonchev–Trinajstić information content (AvgIpc) is 3.35. The summed E-state index contributed by atoms with van der Waals surface area (Å²) < 4.78 is 26.9. The van der Waals surface area contributed by atoms with E-state index in [1.165, 1.54) is 30.7 Å². The molecule has 2 N–H and O–H groups in total. The highest BCUT2D eigenvalue weighted by Crippen LogP contribution is 2.57. The van der Waals surface area contributed by atoms with Gasteiger partial charge in [0.1, 0.15) is 11.6 Å². The molecule has 1 aliphatic heterocycles. The number of hydrogen-bond donors (Lipinski definition) is 2. The molecule has 0 spiro atoms. The van der Waals surface area contributed by atoms with Crippen molar-refractivity contribution in [3.05, 3.63) is 95.1 Å². The van der Waals surface area contributed by atoms with E-state index in [-0.39, 0.29) is 53.5 Å². The number of benzene rings is 3. The van der Waals surface area contributed by atoms with Crippen LogP contribution in [0.2, 0.25) is 0 Å². The molecule has 0 aromatic heterocycles. The Morgan fingerprint density at radius 3 is 2.05 bits per heavy atom. The number of nitrogens with one attached hydrogen (secondary N) is 2. The molecular formula is C33H34ClF2N3O2. The molecule has 4 saturated carbocycles. The number of carbonyl (C=O) groups is 2. The monoisotopic (exact) mass is 577 g/mol. The molecule has 2 amide bonds. The first-order valence-electron chi connectivity index (χ1n) is 14.3. The van der Waals surface area contributed by atoms with Crippen LogP contribution in [0.1, 0.15) is 60.0 Å². The van der Waals surface area contributed by atoms with Gasteiger partial charge in [-0.05, 0) is 109 Å². The fraction of sp³-hybridized carbons (Fsp3) is 0.394. The van der Waals surface area contributed by atoms with E-state index in [0.29, 0.717) is 30.5 Å². The molecule has 8 rings (SSSR count). The number of rotatable bonds is 6. The Morgan fingerprint density at radius 2 is 1.37 bits per heavy atom. The van der Waals surface area contributed by atoms with Crippen molar-refractivity contribution in [2.45, 2.75) is 62.7 Å². The van der Waals surface area contributed by atoms with Crippen LogP contribution in [0, 0.1) is 23.5 Å². The molecule has 1 heterocycles. The van der Waals surface area contributed by atoms with Crippen LogP contribution in [0.3, 0.4) is 0 Å². The predicted octanol–water partition coefficient (Wildman–Crippen LogP) is 6.01. The lowest BCUT2D eigenvalue weighted by molar-refractivity contribution is -0.132. The van der Waals surface area contributed by atoms with Crippen LogP contribution in [0.5, 0.6) is 0 Å². The summed E-state index contributed by atoms with van der Waals surface area (Å²) >= 11 is 0. The largest absolute Gasteiger partial charge is 0.347 e. The van der Waals surface area contributed by atoms with E-state index in [4.69, 9.17) is 0 Å². The Balaban J connectivity index is 0.00000302. The normalized spacial score (nSPS) is 27.3. The lowest BCUT2D eigenvalue weighted by Crippen LogP contribution is -2.69. The van der Waals surface area contributed by atoms with Gasteiger partial charge in [0.2, 0.25) is 5.91 Å². The van der Waals surface area contributed by atoms with Crippen molar-refractivity contribution in [1.29, 1.82) is 0 Å². The van der Waals surface area contributed by atoms with Gasteiger partial charge in [-0.2, -0.15) is 0 Å². The third-order valence-electron chi connectivity index (χ3n) is 9.62. The van der Waals surface area contributed by atoms with Gasteiger partial charge >= 0.3 is 0 Å². The number of nitrogens with zero attached hydrogens (tertiary/aromatic N) is 1. The molecular weight excluding hydrogens is 544 g/mol. The smallest absolute Gasteiger partial charge is 0.251 e. The molecule has 5 aliphatic rings. The molecule has 4 fully saturated rings. The number of hydrogen-bond acceptors (Lipinski definition) is 3. The number of halogens is 3. The summed E-state index contributed by atoms with van der Waals surface area (Å²) in [6.45, 7) is 1.23. The minimum Gasteiger partial charge on any atom is -0.347 e. The van der Waals surface area contributed by atoms with Crippen molar-refractivity contribution >= 4 is 24.2 Å². The summed E-state index contributed by atoms with van der Waals surface area (Å²) in [4.78, 5) is 28.4. The number of amides is 2. The van der Waals surface area contributed by atoms with Crippen molar-refractivity contribution in [1.82, 2.24) is 15.5 Å². The van der Waals surface area contributed by atoms with Gasteiger partial charge in [0.15, 0.2) is 0 Å². The molecule has 41 heavy (non-hydrogen) atoms. The van der Waals surface area contributed by atoms with Crippen LogP contribution in [-0.4, -0.2) is 34.3 Å². The molecule has 0 radical (unpaired) electrons. The standard InChI is InChI=1S/C33H33F2N3O2.ClH/c34-28-8-5-24(6-9-28)23-1-3-25(4-2-23)31(40)37-33-15-21-11-22(16-33)14-32(13-21,20-33)36-17-30(39)38-18-26-7-10-29(35)12-27(26)19-38;/h1-10,12,21-22,36H,11,13-20H2,(H,37,40);1H/t21-,22+,32?,33?;. The Morgan fingerprint density at radius 1 is 0.780 bits per heavy atom. The summed E-state index contributed by atoms with van der Waals surface area (Å²) in [6.07, 6.45) is 6.04. The maximum Gasteiger partial charge on any atom is 0.251 e. The van der Waals surface area contributed by atoms with Gasteiger partial charge in [0.25, 0.3) is 5.91 Å². The molecule has 2 unspecified atom stereocenters. The molecule has 0 saturated heterocycles. The van der Waals surface area contributed by atoms with E-state index in [0.717, 1.165) is 54.4 Å². The first-order chi connectivity index (χ1) is 19.3. The Bertz CT molecular complexity index is 1460. The van der Waals surface area contributed by atoms with E-state index >= 15 is 0 Å². The Hall–Kier alpha value is -3.29. The zero-order valence-electron chi connectivity index (χ0n) is 22.8. The van der Waals surface area contributed by atoms with E-state index < -0.39 is 0 Å². The summed E-state index contributed by atoms with van der Waals surface area (Å²) in [5.74, 6) is 0.488. The average molecular weight is 578 g/mol. The van der Waals surface area contributed by atoms with E-state index in [1.807, 2.05) is 24.3 Å². The van der Waals surface area contributed by atoms with E-state index in [2.05, 4.69) is 10.6 Å². The Kier molecular flexibility index (Phi) is 7.15. The van der Waals surface area contributed by atoms with E-state index in [1.54, 1.807) is 23.1 Å². The molecule has 8 heteroatoms. The maximum absolute atomic E-state index is 13.6. The van der Waals surface area contributed by atoms with Crippen molar-refractivity contribution in [2.75, 3.05) is 6.54 Å². The third kappa shape index (κ3) is 5.38. The van der Waals surface area contributed by atoms with Gasteiger partial charge in [0, 0.05) is 29.7 Å². The van der Waals surface area contributed by atoms with E-state index in [9.17, 15) is 18.4 Å². The molecule has 4 bridgehead atoms. The second-order valence-electron chi connectivity index (χ2n) is 12.6. The summed E-state index contributed by atoms with van der Waals surface area (Å²) in [6, 6.07) is 18.6. The SMILES string of the molecule is Cl.O=C(NC12C[C@@H]3C[C@@H](CC(NCC(=O)N4Cc5ccc(F)cc5C4)(C3)C1)C2)c1ccc(-c2ccc(F)cc2)cc1. The van der Waals surface area contributed by atoms with Crippen molar-refractivity contribution in [3.8, 4) is 11.1 Å². The second-order valence-corrected chi connectivity index (χ2v) is 12.6. The van der Waals surface area contributed by atoms with Gasteiger partial charge in [-0.1, -0.05) is 30.3 Å². The highest BCUT2D eigenvalue weighted by Gasteiger charge is 2.58. The predicted molar refractivity (Wildman–Crippen MR) is 155 cm³/mol. The van der Waals surface area contributed by atoms with Crippen LogP contribution >= 0.6 is 12.4 Å². The minimum atomic E-state index is -0.273. The first-order valence-corrected chi connectivity index (χ1v) is 14.3. The van der Waals surface area contributed by atoms with Gasteiger partial charge in [0.05, 0.1) is 6.54 Å². The zero-order chi connectivity index (χ0) is 27.5. The minimum absolute atomic E-state index is 0. The molecule has 3 aromatic rings. The third-order valence-corrected chi connectivity index (χ3v) is 9.62. The Labute approximate surface area is 245 Å². The molecule has 4 atom stereocenters. The highest BCUT2D eigenvalue weighted by atomic mass is 35.5. The summed E-state index contributed by atoms with van der Waals surface area (Å²) in [5, 5.41) is 7.10. The molecule has 214 valence electrons. The van der Waals surface area contributed by atoms with Crippen LogP contribution in [0.15, 0.2) is 66.7 Å². The topological polar surface area (TPSA) is 61.4 Å². The summed E-state index contributed by atoms with van der Waals surface area (Å²) in [7, 11) is 0. The number of fused-ring (bicyclic) bond motifs is 1. The fourth-order valence-electron chi connectivity index (χ4n) is 8.30. The van der Waals surface area contributed by atoms with Crippen molar-refractivity contribution in [2.24, 2.45) is 11.8 Å². The second kappa shape index (κ2) is 10.5. The molecule has 3 aromatic carbocycles. The quantitative estimate of drug-likeness (QED) is 0.377. The van der Waals surface area contributed by atoms with Gasteiger partial charge in [-0.15, -0.1) is 12.4 Å². The van der Waals surface area contributed by atoms with Gasteiger partial charge in [-0.3, -0.25) is 9.59 Å². The van der Waals surface area contributed by atoms with Crippen LogP contribution in [0.4, 0.5) is 8.78 Å². The van der Waals surface area contributed by atoms with Crippen LogP contribution in [-0.2, 0) is 17.9 Å². The van der Waals surface area contributed by atoms with Gasteiger partial charge in [-0.25, -0.2) is 8.78 Å². The maximum atomic E-state index is 13.6. The number of carbonyl (C=O) groups excluding carboxylic acids is 2. The summed E-state index contributed by atoms with van der Waals surface area (Å²) in [5.41, 5.74) is 3.93.